The maximum atomic E-state index is 6.07. The van der Waals surface area contributed by atoms with Gasteiger partial charge in [0.05, 0.1) is 16.9 Å². The van der Waals surface area contributed by atoms with Gasteiger partial charge in [-0.3, -0.25) is 5.43 Å². The molecule has 3 aromatic rings. The molecule has 0 aliphatic heterocycles. The fourth-order valence-electron chi connectivity index (χ4n) is 2.18. The van der Waals surface area contributed by atoms with Gasteiger partial charge in [0, 0.05) is 22.2 Å². The van der Waals surface area contributed by atoms with Crippen molar-refractivity contribution in [3.8, 4) is 0 Å². The Hall–Kier alpha value is -2.26. The number of hydrogen-bond donors (Lipinski definition) is 2. The Morgan fingerprint density at radius 2 is 1.85 bits per heavy atom. The van der Waals surface area contributed by atoms with Gasteiger partial charge in [-0.2, -0.15) is 5.10 Å². The summed E-state index contributed by atoms with van der Waals surface area (Å²) >= 11 is 6.07. The second kappa shape index (κ2) is 5.39. The Bertz CT molecular complexity index is 774. The number of aryl methyl sites for hydroxylation is 1. The summed E-state index contributed by atoms with van der Waals surface area (Å²) < 4.78 is 0. The van der Waals surface area contributed by atoms with Crippen molar-refractivity contribution >= 4 is 34.4 Å². The van der Waals surface area contributed by atoms with E-state index in [0.717, 1.165) is 27.8 Å². The van der Waals surface area contributed by atoms with Crippen LogP contribution in [0.15, 0.2) is 53.6 Å². The smallest absolute Gasteiger partial charge is 0.0748 e. The topological polar surface area (TPSA) is 40.2 Å². The van der Waals surface area contributed by atoms with Crippen molar-refractivity contribution in [1.29, 1.82) is 0 Å². The Kier molecular flexibility index (Phi) is 3.44. The zero-order valence-corrected chi connectivity index (χ0v) is 11.8. The molecular weight excluding hydrogens is 270 g/mol. The third-order valence-electron chi connectivity index (χ3n) is 3.20. The molecule has 100 valence electrons. The van der Waals surface area contributed by atoms with Crippen LogP contribution in [0.1, 0.15) is 11.3 Å². The van der Waals surface area contributed by atoms with Crippen LogP contribution >= 0.6 is 11.6 Å². The van der Waals surface area contributed by atoms with Crippen LogP contribution in [0.4, 0.5) is 5.69 Å². The number of aromatic amines is 1. The molecule has 0 aliphatic carbocycles. The third-order valence-corrected chi connectivity index (χ3v) is 3.53. The number of rotatable bonds is 3. The second-order valence-corrected chi connectivity index (χ2v) is 4.97. The summed E-state index contributed by atoms with van der Waals surface area (Å²) in [5.41, 5.74) is 7.05. The van der Waals surface area contributed by atoms with Crippen molar-refractivity contribution in [2.45, 2.75) is 6.92 Å². The maximum absolute atomic E-state index is 6.07. The molecule has 0 unspecified atom stereocenters. The van der Waals surface area contributed by atoms with E-state index in [1.54, 1.807) is 0 Å². The van der Waals surface area contributed by atoms with Gasteiger partial charge >= 0.3 is 0 Å². The number of benzene rings is 2. The van der Waals surface area contributed by atoms with E-state index in [9.17, 15) is 0 Å². The molecular formula is C16H14ClN3. The molecule has 0 saturated carbocycles. The lowest BCUT2D eigenvalue weighted by Crippen LogP contribution is -1.92. The minimum absolute atomic E-state index is 0.653. The van der Waals surface area contributed by atoms with Gasteiger partial charge in [0.25, 0.3) is 0 Å². The standard InChI is InChI=1S/C16H14ClN3/c1-11-13(12-6-2-4-8-15(12)19-11)10-18-20-16-9-5-3-7-14(16)17/h2-10,19-20H,1H3/b18-10+. The van der Waals surface area contributed by atoms with Gasteiger partial charge in [-0.05, 0) is 25.1 Å². The first kappa shape index (κ1) is 12.8. The predicted octanol–water partition coefficient (Wildman–Crippen LogP) is 4.58. The molecule has 1 heterocycles. The van der Waals surface area contributed by atoms with E-state index in [-0.39, 0.29) is 0 Å². The molecule has 0 fully saturated rings. The molecule has 0 spiro atoms. The minimum atomic E-state index is 0.653. The summed E-state index contributed by atoms with van der Waals surface area (Å²) in [4.78, 5) is 3.34. The van der Waals surface area contributed by atoms with E-state index < -0.39 is 0 Å². The molecule has 0 atom stereocenters. The van der Waals surface area contributed by atoms with Crippen molar-refractivity contribution in [3.05, 3.63) is 64.8 Å². The van der Waals surface area contributed by atoms with Gasteiger partial charge < -0.3 is 4.98 Å². The van der Waals surface area contributed by atoms with Crippen LogP contribution in [0.3, 0.4) is 0 Å². The highest BCUT2D eigenvalue weighted by Crippen LogP contribution is 2.22. The quantitative estimate of drug-likeness (QED) is 0.536. The number of anilines is 1. The van der Waals surface area contributed by atoms with Gasteiger partial charge in [-0.25, -0.2) is 0 Å². The molecule has 3 nitrogen and oxygen atoms in total. The average Bonchev–Trinajstić information content (AvgIpc) is 2.77. The van der Waals surface area contributed by atoms with E-state index in [0.29, 0.717) is 5.02 Å². The molecule has 0 saturated heterocycles. The summed E-state index contributed by atoms with van der Waals surface area (Å²) in [6, 6.07) is 15.7. The SMILES string of the molecule is Cc1[nH]c2ccccc2c1/C=N/Nc1ccccc1Cl. The van der Waals surface area contributed by atoms with Gasteiger partial charge in [-0.1, -0.05) is 41.9 Å². The van der Waals surface area contributed by atoms with E-state index in [1.807, 2.05) is 49.5 Å². The minimum Gasteiger partial charge on any atom is -0.358 e. The normalized spacial score (nSPS) is 11.3. The van der Waals surface area contributed by atoms with Crippen molar-refractivity contribution in [2.75, 3.05) is 5.43 Å². The van der Waals surface area contributed by atoms with Crippen LogP contribution in [0.2, 0.25) is 5.02 Å². The first-order valence-corrected chi connectivity index (χ1v) is 6.74. The molecule has 0 aliphatic rings. The van der Waals surface area contributed by atoms with Crippen molar-refractivity contribution in [2.24, 2.45) is 5.10 Å². The summed E-state index contributed by atoms with van der Waals surface area (Å²) in [5.74, 6) is 0. The number of halogens is 1. The maximum Gasteiger partial charge on any atom is 0.0748 e. The first-order chi connectivity index (χ1) is 9.75. The molecule has 2 aromatic carbocycles. The Morgan fingerprint density at radius 3 is 2.70 bits per heavy atom. The summed E-state index contributed by atoms with van der Waals surface area (Å²) in [6.45, 7) is 2.04. The number of nitrogens with one attached hydrogen (secondary N) is 2. The highest BCUT2D eigenvalue weighted by molar-refractivity contribution is 6.33. The molecule has 3 rings (SSSR count). The molecule has 2 N–H and O–H groups in total. The number of para-hydroxylation sites is 2. The molecule has 0 radical (unpaired) electrons. The van der Waals surface area contributed by atoms with Crippen LogP contribution < -0.4 is 5.43 Å². The number of hydrogen-bond acceptors (Lipinski definition) is 2. The van der Waals surface area contributed by atoms with Gasteiger partial charge in [0.15, 0.2) is 0 Å². The van der Waals surface area contributed by atoms with Crippen LogP contribution in [-0.4, -0.2) is 11.2 Å². The lowest BCUT2D eigenvalue weighted by Gasteiger charge is -2.01. The lowest BCUT2D eigenvalue weighted by molar-refractivity contribution is 1.28. The third kappa shape index (κ3) is 2.40. The lowest BCUT2D eigenvalue weighted by atomic mass is 10.1. The van der Waals surface area contributed by atoms with E-state index in [2.05, 4.69) is 27.6 Å². The van der Waals surface area contributed by atoms with Gasteiger partial charge in [0.2, 0.25) is 0 Å². The highest BCUT2D eigenvalue weighted by Gasteiger charge is 2.05. The number of nitrogens with zero attached hydrogens (tertiary/aromatic N) is 1. The Balaban J connectivity index is 1.88. The van der Waals surface area contributed by atoms with Crippen LogP contribution in [0, 0.1) is 6.92 Å². The molecule has 20 heavy (non-hydrogen) atoms. The zero-order valence-electron chi connectivity index (χ0n) is 11.0. The largest absolute Gasteiger partial charge is 0.358 e. The van der Waals surface area contributed by atoms with E-state index in [4.69, 9.17) is 11.6 Å². The van der Waals surface area contributed by atoms with Crippen LogP contribution in [0.25, 0.3) is 10.9 Å². The van der Waals surface area contributed by atoms with Crippen LogP contribution in [-0.2, 0) is 0 Å². The fraction of sp³-hybridized carbons (Fsp3) is 0.0625. The molecule has 4 heteroatoms. The summed E-state index contributed by atoms with van der Waals surface area (Å²) in [5, 5.41) is 6.09. The number of H-pyrrole nitrogens is 1. The summed E-state index contributed by atoms with van der Waals surface area (Å²) in [6.07, 6.45) is 1.82. The molecule has 0 amide bonds. The first-order valence-electron chi connectivity index (χ1n) is 6.36. The monoisotopic (exact) mass is 283 g/mol. The number of hydrazone groups is 1. The van der Waals surface area contributed by atoms with Crippen LogP contribution in [0.5, 0.6) is 0 Å². The molecule has 1 aromatic heterocycles. The summed E-state index contributed by atoms with van der Waals surface area (Å²) in [7, 11) is 0. The fourth-order valence-corrected chi connectivity index (χ4v) is 2.36. The van der Waals surface area contributed by atoms with Gasteiger partial charge in [-0.15, -0.1) is 0 Å². The number of aromatic nitrogens is 1. The van der Waals surface area contributed by atoms with Crippen molar-refractivity contribution < 1.29 is 0 Å². The second-order valence-electron chi connectivity index (χ2n) is 4.56. The van der Waals surface area contributed by atoms with E-state index >= 15 is 0 Å². The predicted molar refractivity (Wildman–Crippen MR) is 85.7 cm³/mol. The Morgan fingerprint density at radius 1 is 1.10 bits per heavy atom. The number of fused-ring (bicyclic) bond motifs is 1. The average molecular weight is 284 g/mol. The Labute approximate surface area is 122 Å². The van der Waals surface area contributed by atoms with E-state index in [1.165, 1.54) is 0 Å². The molecule has 0 bridgehead atoms. The van der Waals surface area contributed by atoms with Crippen molar-refractivity contribution in [3.63, 3.8) is 0 Å². The van der Waals surface area contributed by atoms with Gasteiger partial charge in [0.1, 0.15) is 0 Å². The van der Waals surface area contributed by atoms with Crippen molar-refractivity contribution in [1.82, 2.24) is 4.98 Å². The highest BCUT2D eigenvalue weighted by atomic mass is 35.5. The zero-order chi connectivity index (χ0) is 13.9.